The summed E-state index contributed by atoms with van der Waals surface area (Å²) < 4.78 is 5.21. The average molecular weight is 214 g/mol. The quantitative estimate of drug-likeness (QED) is 0.698. The normalized spacial score (nSPS) is 27.2. The van der Waals surface area contributed by atoms with Crippen molar-refractivity contribution in [3.8, 4) is 0 Å². The molecule has 2 atom stereocenters. The van der Waals surface area contributed by atoms with Crippen LogP contribution >= 0.6 is 0 Å². The molecule has 0 spiro atoms. The van der Waals surface area contributed by atoms with Gasteiger partial charge in [-0.25, -0.2) is 4.79 Å². The first-order chi connectivity index (χ1) is 6.87. The van der Waals surface area contributed by atoms with E-state index in [1.54, 1.807) is 0 Å². The van der Waals surface area contributed by atoms with E-state index >= 15 is 0 Å². The zero-order chi connectivity index (χ0) is 11.5. The van der Waals surface area contributed by atoms with Crippen molar-refractivity contribution in [2.45, 2.75) is 58.2 Å². The number of hydrogen-bond donors (Lipinski definition) is 2. The van der Waals surface area contributed by atoms with E-state index in [1.165, 1.54) is 0 Å². The third-order valence-electron chi connectivity index (χ3n) is 2.34. The molecule has 1 aliphatic heterocycles. The number of hydrogen-bond acceptors (Lipinski definition) is 3. The summed E-state index contributed by atoms with van der Waals surface area (Å²) in [6.45, 7) is 8.71. The van der Waals surface area contributed by atoms with Crippen LogP contribution in [0.1, 0.15) is 40.5 Å². The predicted octanol–water partition coefficient (Wildman–Crippen LogP) is 1.65. The Balaban J connectivity index is 2.31. The van der Waals surface area contributed by atoms with Crippen molar-refractivity contribution in [2.24, 2.45) is 0 Å². The van der Waals surface area contributed by atoms with E-state index < -0.39 is 5.60 Å². The van der Waals surface area contributed by atoms with E-state index in [0.717, 1.165) is 19.4 Å². The number of amides is 1. The lowest BCUT2D eigenvalue weighted by Crippen LogP contribution is -2.47. The number of carbonyl (C=O) groups is 1. The lowest BCUT2D eigenvalue weighted by molar-refractivity contribution is 0.0491. The molecule has 0 aromatic rings. The second-order valence-corrected chi connectivity index (χ2v) is 5.22. The van der Waals surface area contributed by atoms with Crippen LogP contribution in [-0.2, 0) is 4.74 Å². The van der Waals surface area contributed by atoms with Gasteiger partial charge in [-0.05, 0) is 47.1 Å². The van der Waals surface area contributed by atoms with Gasteiger partial charge in [0.2, 0.25) is 0 Å². The van der Waals surface area contributed by atoms with Gasteiger partial charge in [0.25, 0.3) is 0 Å². The van der Waals surface area contributed by atoms with Crippen molar-refractivity contribution in [1.82, 2.24) is 10.6 Å². The molecule has 1 saturated heterocycles. The highest BCUT2D eigenvalue weighted by molar-refractivity contribution is 5.68. The molecule has 4 nitrogen and oxygen atoms in total. The van der Waals surface area contributed by atoms with Gasteiger partial charge in [-0.3, -0.25) is 0 Å². The predicted molar refractivity (Wildman–Crippen MR) is 59.9 cm³/mol. The Morgan fingerprint density at radius 1 is 1.47 bits per heavy atom. The van der Waals surface area contributed by atoms with E-state index in [4.69, 9.17) is 4.74 Å². The molecular formula is C11H22N2O2. The molecule has 15 heavy (non-hydrogen) atoms. The maximum atomic E-state index is 11.5. The van der Waals surface area contributed by atoms with Gasteiger partial charge in [-0.2, -0.15) is 0 Å². The van der Waals surface area contributed by atoms with Gasteiger partial charge in [-0.1, -0.05) is 0 Å². The molecule has 1 aliphatic rings. The Morgan fingerprint density at radius 2 is 2.13 bits per heavy atom. The maximum absolute atomic E-state index is 11.5. The lowest BCUT2D eigenvalue weighted by Gasteiger charge is -2.29. The van der Waals surface area contributed by atoms with Crippen LogP contribution in [0.4, 0.5) is 4.79 Å². The summed E-state index contributed by atoms with van der Waals surface area (Å²) in [5.74, 6) is 0. The second kappa shape index (κ2) is 4.84. The molecule has 1 fully saturated rings. The molecule has 0 aromatic heterocycles. The summed E-state index contributed by atoms with van der Waals surface area (Å²) in [4.78, 5) is 11.5. The Labute approximate surface area is 91.8 Å². The Hall–Kier alpha value is -0.770. The van der Waals surface area contributed by atoms with Crippen molar-refractivity contribution >= 4 is 6.09 Å². The van der Waals surface area contributed by atoms with Crippen LogP contribution in [0.3, 0.4) is 0 Å². The van der Waals surface area contributed by atoms with Gasteiger partial charge >= 0.3 is 6.09 Å². The van der Waals surface area contributed by atoms with Crippen molar-refractivity contribution in [3.05, 3.63) is 0 Å². The van der Waals surface area contributed by atoms with Crippen LogP contribution in [0.5, 0.6) is 0 Å². The van der Waals surface area contributed by atoms with Crippen molar-refractivity contribution in [2.75, 3.05) is 6.54 Å². The van der Waals surface area contributed by atoms with Crippen LogP contribution in [0.15, 0.2) is 0 Å². The number of alkyl carbamates (subject to hydrolysis) is 1. The summed E-state index contributed by atoms with van der Waals surface area (Å²) in [7, 11) is 0. The van der Waals surface area contributed by atoms with Gasteiger partial charge in [-0.15, -0.1) is 0 Å². The fourth-order valence-electron chi connectivity index (χ4n) is 1.74. The fourth-order valence-corrected chi connectivity index (χ4v) is 1.74. The van der Waals surface area contributed by atoms with Gasteiger partial charge < -0.3 is 15.4 Å². The van der Waals surface area contributed by atoms with Gasteiger partial charge in [0.1, 0.15) is 5.60 Å². The molecule has 1 rings (SSSR count). The average Bonchev–Trinajstić information content (AvgIpc) is 1.99. The summed E-state index contributed by atoms with van der Waals surface area (Å²) in [5.41, 5.74) is -0.414. The maximum Gasteiger partial charge on any atom is 0.407 e. The van der Waals surface area contributed by atoms with E-state index in [9.17, 15) is 4.79 Å². The minimum Gasteiger partial charge on any atom is -0.444 e. The highest BCUT2D eigenvalue weighted by Gasteiger charge is 2.22. The summed E-state index contributed by atoms with van der Waals surface area (Å²) >= 11 is 0. The molecule has 0 aliphatic carbocycles. The number of rotatable bonds is 1. The number of piperidine rings is 1. The SMILES string of the molecule is C[C@@H]1C[C@H](NC(=O)OC(C)(C)C)CCN1. The zero-order valence-electron chi connectivity index (χ0n) is 10.1. The van der Waals surface area contributed by atoms with Gasteiger partial charge in [0.15, 0.2) is 0 Å². The Morgan fingerprint density at radius 3 is 2.67 bits per heavy atom. The van der Waals surface area contributed by atoms with Crippen molar-refractivity contribution in [1.29, 1.82) is 0 Å². The molecule has 0 aromatic carbocycles. The van der Waals surface area contributed by atoms with Crippen LogP contribution in [0.2, 0.25) is 0 Å². The Bertz CT molecular complexity index is 223. The fraction of sp³-hybridized carbons (Fsp3) is 0.909. The number of carbonyl (C=O) groups excluding carboxylic acids is 1. The first kappa shape index (κ1) is 12.3. The van der Waals surface area contributed by atoms with E-state index in [-0.39, 0.29) is 12.1 Å². The third-order valence-corrected chi connectivity index (χ3v) is 2.34. The topological polar surface area (TPSA) is 50.4 Å². The highest BCUT2D eigenvalue weighted by Crippen LogP contribution is 2.11. The van der Waals surface area contributed by atoms with Gasteiger partial charge in [0.05, 0.1) is 0 Å². The minimum atomic E-state index is -0.414. The van der Waals surface area contributed by atoms with Crippen molar-refractivity contribution in [3.63, 3.8) is 0 Å². The largest absolute Gasteiger partial charge is 0.444 e. The monoisotopic (exact) mass is 214 g/mol. The smallest absolute Gasteiger partial charge is 0.407 e. The van der Waals surface area contributed by atoms with Crippen LogP contribution in [-0.4, -0.2) is 30.3 Å². The standard InChI is InChI=1S/C11H22N2O2/c1-8-7-9(5-6-12-8)13-10(14)15-11(2,3)4/h8-9,12H,5-7H2,1-4H3,(H,13,14)/t8-,9-/m1/s1. The third kappa shape index (κ3) is 5.02. The van der Waals surface area contributed by atoms with Crippen LogP contribution in [0.25, 0.3) is 0 Å². The van der Waals surface area contributed by atoms with Crippen molar-refractivity contribution < 1.29 is 9.53 Å². The summed E-state index contributed by atoms with van der Waals surface area (Å²) in [6.07, 6.45) is 1.64. The highest BCUT2D eigenvalue weighted by atomic mass is 16.6. The molecular weight excluding hydrogens is 192 g/mol. The van der Waals surface area contributed by atoms with E-state index in [1.807, 2.05) is 20.8 Å². The first-order valence-corrected chi connectivity index (χ1v) is 5.60. The Kier molecular flexibility index (Phi) is 3.97. The molecule has 0 unspecified atom stereocenters. The number of nitrogens with one attached hydrogen (secondary N) is 2. The molecule has 1 amide bonds. The molecule has 0 radical (unpaired) electrons. The molecule has 88 valence electrons. The first-order valence-electron chi connectivity index (χ1n) is 5.60. The van der Waals surface area contributed by atoms with E-state index in [2.05, 4.69) is 17.6 Å². The summed E-state index contributed by atoms with van der Waals surface area (Å²) in [5, 5.41) is 6.25. The second-order valence-electron chi connectivity index (χ2n) is 5.22. The zero-order valence-corrected chi connectivity index (χ0v) is 10.1. The lowest BCUT2D eigenvalue weighted by atomic mass is 10.0. The minimum absolute atomic E-state index is 0.246. The van der Waals surface area contributed by atoms with Crippen LogP contribution < -0.4 is 10.6 Å². The molecule has 0 saturated carbocycles. The van der Waals surface area contributed by atoms with Gasteiger partial charge in [0, 0.05) is 12.1 Å². The molecule has 4 heteroatoms. The van der Waals surface area contributed by atoms with E-state index in [0.29, 0.717) is 6.04 Å². The summed E-state index contributed by atoms with van der Waals surface area (Å²) in [6, 6.07) is 0.717. The molecule has 1 heterocycles. The molecule has 0 bridgehead atoms. The number of ether oxygens (including phenoxy) is 1. The molecule has 2 N–H and O–H groups in total. The van der Waals surface area contributed by atoms with Crippen LogP contribution in [0, 0.1) is 0 Å².